The summed E-state index contributed by atoms with van der Waals surface area (Å²) in [6.07, 6.45) is 4.37. The van der Waals surface area contributed by atoms with Crippen molar-refractivity contribution in [3.8, 4) is 5.75 Å². The van der Waals surface area contributed by atoms with Crippen molar-refractivity contribution in [3.63, 3.8) is 0 Å². The molecule has 2 nitrogen and oxygen atoms in total. The van der Waals surface area contributed by atoms with E-state index in [1.807, 2.05) is 0 Å². The standard InChI is InChI=1S/C14H17BrClNO/c1-10-7-12(15)8-11(9-17-13-3-4-13)14(10)18-6-2-5-16/h2,5,7-8,13,17H,3-4,6,9H2,1H3/b5-2+. The Hall–Kier alpha value is -0.510. The maximum Gasteiger partial charge on any atom is 0.127 e. The number of halogens is 2. The molecular formula is C14H17BrClNO. The molecule has 0 aliphatic heterocycles. The van der Waals surface area contributed by atoms with E-state index in [4.69, 9.17) is 16.3 Å². The number of benzene rings is 1. The summed E-state index contributed by atoms with van der Waals surface area (Å²) in [6, 6.07) is 4.88. The fraction of sp³-hybridized carbons (Fsp3) is 0.429. The van der Waals surface area contributed by atoms with Crippen LogP contribution in [0.15, 0.2) is 28.2 Å². The van der Waals surface area contributed by atoms with Crippen LogP contribution >= 0.6 is 27.5 Å². The van der Waals surface area contributed by atoms with Crippen molar-refractivity contribution < 1.29 is 4.74 Å². The van der Waals surface area contributed by atoms with Crippen LogP contribution in [0.5, 0.6) is 5.75 Å². The van der Waals surface area contributed by atoms with Crippen molar-refractivity contribution in [1.29, 1.82) is 0 Å². The highest BCUT2D eigenvalue weighted by Gasteiger charge is 2.21. The average molecular weight is 331 g/mol. The third-order valence-corrected chi connectivity index (χ3v) is 3.52. The van der Waals surface area contributed by atoms with E-state index in [0.29, 0.717) is 12.6 Å². The number of hydrogen-bond donors (Lipinski definition) is 1. The van der Waals surface area contributed by atoms with Crippen molar-refractivity contribution in [3.05, 3.63) is 39.3 Å². The van der Waals surface area contributed by atoms with Crippen LogP contribution in [-0.2, 0) is 6.54 Å². The summed E-state index contributed by atoms with van der Waals surface area (Å²) < 4.78 is 6.87. The van der Waals surface area contributed by atoms with E-state index in [-0.39, 0.29) is 0 Å². The van der Waals surface area contributed by atoms with Crippen molar-refractivity contribution in [2.24, 2.45) is 0 Å². The van der Waals surface area contributed by atoms with Crippen LogP contribution in [0.25, 0.3) is 0 Å². The van der Waals surface area contributed by atoms with Crippen LogP contribution in [0.3, 0.4) is 0 Å². The minimum Gasteiger partial charge on any atom is -0.489 e. The molecule has 0 bridgehead atoms. The summed E-state index contributed by atoms with van der Waals surface area (Å²) in [4.78, 5) is 0. The third-order valence-electron chi connectivity index (χ3n) is 2.89. The zero-order chi connectivity index (χ0) is 13.0. The number of aryl methyl sites for hydroxylation is 1. The second-order valence-electron chi connectivity index (χ2n) is 4.54. The van der Waals surface area contributed by atoms with Crippen molar-refractivity contribution in [1.82, 2.24) is 5.32 Å². The van der Waals surface area contributed by atoms with Crippen LogP contribution in [0.2, 0.25) is 0 Å². The largest absolute Gasteiger partial charge is 0.489 e. The molecule has 98 valence electrons. The smallest absolute Gasteiger partial charge is 0.127 e. The normalized spacial score (nSPS) is 15.3. The van der Waals surface area contributed by atoms with Crippen LogP contribution in [-0.4, -0.2) is 12.6 Å². The Bertz CT molecular complexity index is 444. The molecule has 1 aromatic rings. The van der Waals surface area contributed by atoms with Gasteiger partial charge in [-0.05, 0) is 43.5 Å². The lowest BCUT2D eigenvalue weighted by Crippen LogP contribution is -2.16. The topological polar surface area (TPSA) is 21.3 Å². The predicted octanol–water partition coefficient (Wildman–Crippen LogP) is 4.14. The molecule has 1 saturated carbocycles. The Morgan fingerprint density at radius 3 is 2.94 bits per heavy atom. The minimum absolute atomic E-state index is 0.502. The summed E-state index contributed by atoms with van der Waals surface area (Å²) in [5.74, 6) is 0.959. The first kappa shape index (κ1) is 13.9. The number of ether oxygens (including phenoxy) is 1. The molecule has 0 saturated heterocycles. The molecule has 1 aromatic carbocycles. The first-order valence-electron chi connectivity index (χ1n) is 6.11. The highest BCUT2D eigenvalue weighted by atomic mass is 79.9. The molecule has 1 aliphatic carbocycles. The van der Waals surface area contributed by atoms with Crippen LogP contribution in [0.4, 0.5) is 0 Å². The van der Waals surface area contributed by atoms with E-state index in [1.165, 1.54) is 23.9 Å². The van der Waals surface area contributed by atoms with Gasteiger partial charge in [0, 0.05) is 28.2 Å². The molecule has 0 spiro atoms. The molecule has 2 rings (SSSR count). The number of rotatable bonds is 6. The van der Waals surface area contributed by atoms with Crippen LogP contribution in [0.1, 0.15) is 24.0 Å². The van der Waals surface area contributed by atoms with Gasteiger partial charge in [0.05, 0.1) is 0 Å². The zero-order valence-electron chi connectivity index (χ0n) is 10.4. The molecule has 0 atom stereocenters. The number of hydrogen-bond acceptors (Lipinski definition) is 2. The molecule has 1 fully saturated rings. The van der Waals surface area contributed by atoms with Crippen LogP contribution < -0.4 is 10.1 Å². The Labute approximate surface area is 121 Å². The van der Waals surface area contributed by atoms with Crippen molar-refractivity contribution in [2.45, 2.75) is 32.4 Å². The van der Waals surface area contributed by atoms with Gasteiger partial charge in [0.15, 0.2) is 0 Å². The van der Waals surface area contributed by atoms with Gasteiger partial charge >= 0.3 is 0 Å². The molecule has 0 unspecified atom stereocenters. The summed E-state index contributed by atoms with van der Waals surface area (Å²) in [5, 5.41) is 3.51. The van der Waals surface area contributed by atoms with E-state index in [9.17, 15) is 0 Å². The van der Waals surface area contributed by atoms with Crippen LogP contribution in [0, 0.1) is 6.92 Å². The maximum atomic E-state index is 5.78. The van der Waals surface area contributed by atoms with Crippen molar-refractivity contribution >= 4 is 27.5 Å². The number of nitrogens with one attached hydrogen (secondary N) is 1. The molecule has 0 radical (unpaired) electrons. The lowest BCUT2D eigenvalue weighted by atomic mass is 10.1. The van der Waals surface area contributed by atoms with Gasteiger partial charge in [-0.15, -0.1) is 0 Å². The van der Waals surface area contributed by atoms with Gasteiger partial charge in [-0.25, -0.2) is 0 Å². The van der Waals surface area contributed by atoms with Gasteiger partial charge in [-0.1, -0.05) is 27.5 Å². The molecule has 18 heavy (non-hydrogen) atoms. The molecule has 0 amide bonds. The molecular weight excluding hydrogens is 314 g/mol. The lowest BCUT2D eigenvalue weighted by Gasteiger charge is -2.14. The molecule has 1 aliphatic rings. The Morgan fingerprint density at radius 2 is 2.28 bits per heavy atom. The summed E-state index contributed by atoms with van der Waals surface area (Å²) in [6.45, 7) is 3.42. The monoisotopic (exact) mass is 329 g/mol. The van der Waals surface area contributed by atoms with Gasteiger partial charge in [-0.3, -0.25) is 0 Å². The van der Waals surface area contributed by atoms with E-state index in [1.54, 1.807) is 6.08 Å². The first-order valence-corrected chi connectivity index (χ1v) is 7.34. The molecule has 0 heterocycles. The molecule has 0 aromatic heterocycles. The van der Waals surface area contributed by atoms with E-state index in [2.05, 4.69) is 40.3 Å². The van der Waals surface area contributed by atoms with E-state index >= 15 is 0 Å². The van der Waals surface area contributed by atoms with Gasteiger partial charge < -0.3 is 10.1 Å². The maximum absolute atomic E-state index is 5.78. The summed E-state index contributed by atoms with van der Waals surface area (Å²) in [5.41, 5.74) is 3.81. The predicted molar refractivity (Wildman–Crippen MR) is 79.2 cm³/mol. The molecule has 1 N–H and O–H groups in total. The average Bonchev–Trinajstić information content (AvgIpc) is 3.13. The Kier molecular flexibility index (Phi) is 5.10. The van der Waals surface area contributed by atoms with Gasteiger partial charge in [0.1, 0.15) is 12.4 Å². The van der Waals surface area contributed by atoms with E-state index in [0.717, 1.165) is 22.3 Å². The quantitative estimate of drug-likeness (QED) is 0.846. The summed E-state index contributed by atoms with van der Waals surface area (Å²) >= 11 is 9.04. The van der Waals surface area contributed by atoms with Gasteiger partial charge in [0.2, 0.25) is 0 Å². The summed E-state index contributed by atoms with van der Waals surface area (Å²) in [7, 11) is 0. The Balaban J connectivity index is 2.11. The fourth-order valence-corrected chi connectivity index (χ4v) is 2.54. The highest BCUT2D eigenvalue weighted by Crippen LogP contribution is 2.29. The van der Waals surface area contributed by atoms with Gasteiger partial charge in [-0.2, -0.15) is 0 Å². The second kappa shape index (κ2) is 6.60. The minimum atomic E-state index is 0.502. The SMILES string of the molecule is Cc1cc(Br)cc(CNC2CC2)c1OC/C=C/Cl. The van der Waals surface area contributed by atoms with Crippen molar-refractivity contribution in [2.75, 3.05) is 6.61 Å². The van der Waals surface area contributed by atoms with Gasteiger partial charge in [0.25, 0.3) is 0 Å². The lowest BCUT2D eigenvalue weighted by molar-refractivity contribution is 0.355. The Morgan fingerprint density at radius 1 is 1.50 bits per heavy atom. The highest BCUT2D eigenvalue weighted by molar-refractivity contribution is 9.10. The fourth-order valence-electron chi connectivity index (χ4n) is 1.85. The van der Waals surface area contributed by atoms with E-state index < -0.39 is 0 Å². The molecule has 4 heteroatoms. The first-order chi connectivity index (χ1) is 8.70. The zero-order valence-corrected chi connectivity index (χ0v) is 12.7. The third kappa shape index (κ3) is 4.01. The second-order valence-corrected chi connectivity index (χ2v) is 5.71.